The molecule has 1 heterocycles. The van der Waals surface area contributed by atoms with E-state index in [2.05, 4.69) is 11.4 Å². The maximum atomic E-state index is 13.9. The van der Waals surface area contributed by atoms with Gasteiger partial charge in [-0.15, -0.1) is 0 Å². The standard InChI is InChI=1S/C25H26N4O3/c1-24(2,3)32-23(31)27-25(13-14-25)22(30)28(17-18-9-5-4-6-10-18)29-20(16-26)15-19-11-7-8-12-21(19)29/h4-12,15H,13-14,17H2,1-3H3,(H,27,31). The Hall–Kier alpha value is -3.79. The van der Waals surface area contributed by atoms with Gasteiger partial charge in [-0.25, -0.2) is 14.5 Å². The number of nitrogens with zero attached hydrogens (tertiary/aromatic N) is 3. The molecule has 0 spiro atoms. The summed E-state index contributed by atoms with van der Waals surface area (Å²) < 4.78 is 7.04. The summed E-state index contributed by atoms with van der Waals surface area (Å²) in [6.45, 7) is 5.59. The zero-order valence-corrected chi connectivity index (χ0v) is 18.5. The van der Waals surface area contributed by atoms with Crippen LogP contribution in [0.25, 0.3) is 10.9 Å². The van der Waals surface area contributed by atoms with Gasteiger partial charge in [-0.05, 0) is 51.3 Å². The van der Waals surface area contributed by atoms with Crippen LogP contribution in [0.4, 0.5) is 4.79 Å². The third-order valence-corrected chi connectivity index (χ3v) is 5.35. The predicted octanol–water partition coefficient (Wildman–Crippen LogP) is 4.24. The molecule has 0 aliphatic heterocycles. The topological polar surface area (TPSA) is 87.4 Å². The fourth-order valence-corrected chi connectivity index (χ4v) is 3.73. The lowest BCUT2D eigenvalue weighted by molar-refractivity contribution is -0.123. The molecule has 4 rings (SSSR count). The van der Waals surface area contributed by atoms with E-state index in [-0.39, 0.29) is 12.5 Å². The molecule has 7 heteroatoms. The van der Waals surface area contributed by atoms with Gasteiger partial charge in [-0.1, -0.05) is 48.5 Å². The van der Waals surface area contributed by atoms with Crippen molar-refractivity contribution in [3.8, 4) is 6.07 Å². The number of amides is 2. The molecule has 2 aromatic carbocycles. The zero-order valence-electron chi connectivity index (χ0n) is 18.5. The normalized spacial score (nSPS) is 14.4. The van der Waals surface area contributed by atoms with Gasteiger partial charge in [0, 0.05) is 5.39 Å². The Morgan fingerprint density at radius 3 is 2.41 bits per heavy atom. The van der Waals surface area contributed by atoms with Gasteiger partial charge < -0.3 is 10.1 Å². The summed E-state index contributed by atoms with van der Waals surface area (Å²) in [6, 6.07) is 21.1. The van der Waals surface area contributed by atoms with Crippen molar-refractivity contribution >= 4 is 22.9 Å². The van der Waals surface area contributed by atoms with Gasteiger partial charge in [0.15, 0.2) is 0 Å². The second-order valence-electron chi connectivity index (χ2n) is 9.07. The second kappa shape index (κ2) is 8.04. The molecule has 1 saturated carbocycles. The summed E-state index contributed by atoms with van der Waals surface area (Å²) in [7, 11) is 0. The number of carbonyl (C=O) groups excluding carboxylic acids is 2. The van der Waals surface area contributed by atoms with Gasteiger partial charge in [0.25, 0.3) is 5.91 Å². The SMILES string of the molecule is CC(C)(C)OC(=O)NC1(C(=O)N(Cc2ccccc2)n2c(C#N)cc3ccccc32)CC1. The summed E-state index contributed by atoms with van der Waals surface area (Å²) >= 11 is 0. The first kappa shape index (κ1) is 21.4. The molecule has 1 aliphatic carbocycles. The van der Waals surface area contributed by atoms with E-state index in [4.69, 9.17) is 4.74 Å². The Balaban J connectivity index is 1.74. The van der Waals surface area contributed by atoms with E-state index in [1.807, 2.05) is 54.6 Å². The lowest BCUT2D eigenvalue weighted by atomic mass is 10.2. The highest BCUT2D eigenvalue weighted by molar-refractivity contribution is 6.01. The average molecular weight is 431 g/mol. The molecule has 1 aliphatic rings. The lowest BCUT2D eigenvalue weighted by Crippen LogP contribution is -2.55. The van der Waals surface area contributed by atoms with Crippen LogP contribution in [0.5, 0.6) is 0 Å². The molecule has 2 amide bonds. The molecule has 7 nitrogen and oxygen atoms in total. The largest absolute Gasteiger partial charge is 0.444 e. The van der Waals surface area contributed by atoms with Crippen LogP contribution in [0.15, 0.2) is 60.7 Å². The Bertz CT molecular complexity index is 1200. The number of hydrogen-bond acceptors (Lipinski definition) is 4. The molecular weight excluding hydrogens is 404 g/mol. The summed E-state index contributed by atoms with van der Waals surface area (Å²) in [5.74, 6) is -0.273. The first-order valence-corrected chi connectivity index (χ1v) is 10.6. The van der Waals surface area contributed by atoms with Crippen LogP contribution in [0.3, 0.4) is 0 Å². The van der Waals surface area contributed by atoms with Crippen LogP contribution in [0.1, 0.15) is 44.9 Å². The van der Waals surface area contributed by atoms with Crippen LogP contribution < -0.4 is 10.3 Å². The number of para-hydroxylation sites is 1. The average Bonchev–Trinajstić information content (AvgIpc) is 3.42. The van der Waals surface area contributed by atoms with Gasteiger partial charge in [0.05, 0.1) is 12.1 Å². The van der Waals surface area contributed by atoms with Gasteiger partial charge in [-0.3, -0.25) is 4.79 Å². The molecule has 1 aromatic heterocycles. The van der Waals surface area contributed by atoms with Crippen LogP contribution >= 0.6 is 0 Å². The molecule has 1 N–H and O–H groups in total. The number of alkyl carbamates (subject to hydrolysis) is 1. The first-order chi connectivity index (χ1) is 15.2. The van der Waals surface area contributed by atoms with Gasteiger partial charge in [-0.2, -0.15) is 5.26 Å². The molecule has 1 fully saturated rings. The Labute approximate surface area is 187 Å². The van der Waals surface area contributed by atoms with Crippen molar-refractivity contribution in [2.24, 2.45) is 0 Å². The third-order valence-electron chi connectivity index (χ3n) is 5.35. The van der Waals surface area contributed by atoms with E-state index in [1.54, 1.807) is 36.5 Å². The van der Waals surface area contributed by atoms with Crippen molar-refractivity contribution < 1.29 is 14.3 Å². The minimum atomic E-state index is -1.05. The molecule has 3 aromatic rings. The van der Waals surface area contributed by atoms with E-state index >= 15 is 0 Å². The van der Waals surface area contributed by atoms with Crippen LogP contribution in [0.2, 0.25) is 0 Å². The van der Waals surface area contributed by atoms with Crippen molar-refractivity contribution in [2.45, 2.75) is 51.3 Å². The molecule has 0 radical (unpaired) electrons. The second-order valence-corrected chi connectivity index (χ2v) is 9.07. The maximum Gasteiger partial charge on any atom is 0.408 e. The number of nitriles is 1. The minimum absolute atomic E-state index is 0.255. The van der Waals surface area contributed by atoms with Crippen LogP contribution in [-0.2, 0) is 16.1 Å². The third kappa shape index (κ3) is 4.30. The van der Waals surface area contributed by atoms with E-state index in [9.17, 15) is 14.9 Å². The number of hydrogen-bond donors (Lipinski definition) is 1. The van der Waals surface area contributed by atoms with Crippen LogP contribution in [0, 0.1) is 11.3 Å². The Morgan fingerprint density at radius 2 is 1.78 bits per heavy atom. The van der Waals surface area contributed by atoms with E-state index in [1.165, 1.54) is 0 Å². The maximum absolute atomic E-state index is 13.9. The smallest absolute Gasteiger partial charge is 0.408 e. The Kier molecular flexibility index (Phi) is 5.39. The summed E-state index contributed by atoms with van der Waals surface area (Å²) in [5, 5.41) is 15.0. The molecule has 0 saturated heterocycles. The lowest BCUT2D eigenvalue weighted by Gasteiger charge is -2.30. The van der Waals surface area contributed by atoms with E-state index in [0.29, 0.717) is 18.5 Å². The summed E-state index contributed by atoms with van der Waals surface area (Å²) in [4.78, 5) is 26.3. The Morgan fingerprint density at radius 1 is 1.12 bits per heavy atom. The van der Waals surface area contributed by atoms with E-state index < -0.39 is 17.2 Å². The van der Waals surface area contributed by atoms with Gasteiger partial charge >= 0.3 is 6.09 Å². The fourth-order valence-electron chi connectivity index (χ4n) is 3.73. The molecule has 0 atom stereocenters. The molecule has 32 heavy (non-hydrogen) atoms. The number of carbonyl (C=O) groups is 2. The molecule has 0 bridgehead atoms. The highest BCUT2D eigenvalue weighted by atomic mass is 16.6. The number of fused-ring (bicyclic) bond motifs is 1. The number of rotatable bonds is 5. The monoisotopic (exact) mass is 430 g/mol. The number of benzene rings is 2. The van der Waals surface area contributed by atoms with Crippen molar-refractivity contribution in [3.05, 3.63) is 71.9 Å². The highest BCUT2D eigenvalue weighted by Crippen LogP contribution is 2.38. The van der Waals surface area contributed by atoms with Crippen molar-refractivity contribution in [1.82, 2.24) is 9.99 Å². The zero-order chi connectivity index (χ0) is 22.9. The number of nitrogens with one attached hydrogen (secondary N) is 1. The van der Waals surface area contributed by atoms with E-state index in [0.717, 1.165) is 16.5 Å². The number of aromatic nitrogens is 1. The predicted molar refractivity (Wildman–Crippen MR) is 121 cm³/mol. The molecule has 164 valence electrons. The summed E-state index contributed by atoms with van der Waals surface area (Å²) in [5.41, 5.74) is 0.299. The highest BCUT2D eigenvalue weighted by Gasteiger charge is 2.54. The van der Waals surface area contributed by atoms with Crippen molar-refractivity contribution in [1.29, 1.82) is 5.26 Å². The summed E-state index contributed by atoms with van der Waals surface area (Å²) in [6.07, 6.45) is 0.399. The molecular formula is C25H26N4O3. The van der Waals surface area contributed by atoms with Crippen LogP contribution in [-0.4, -0.2) is 27.8 Å². The first-order valence-electron chi connectivity index (χ1n) is 10.6. The van der Waals surface area contributed by atoms with Crippen molar-refractivity contribution in [3.63, 3.8) is 0 Å². The minimum Gasteiger partial charge on any atom is -0.444 e. The fraction of sp³-hybridized carbons (Fsp3) is 0.320. The quantitative estimate of drug-likeness (QED) is 0.656. The van der Waals surface area contributed by atoms with Gasteiger partial charge in [0.2, 0.25) is 0 Å². The van der Waals surface area contributed by atoms with Crippen molar-refractivity contribution in [2.75, 3.05) is 5.01 Å². The van der Waals surface area contributed by atoms with Gasteiger partial charge in [0.1, 0.15) is 22.9 Å². The number of ether oxygens (including phenoxy) is 1. The molecule has 0 unspecified atom stereocenters.